The Morgan fingerprint density at radius 3 is 2.05 bits per heavy atom. The van der Waals surface area contributed by atoms with Crippen LogP contribution in [0.3, 0.4) is 0 Å². The predicted molar refractivity (Wildman–Crippen MR) is 86.9 cm³/mol. The van der Waals surface area contributed by atoms with Gasteiger partial charge in [-0.25, -0.2) is 0 Å². The Hall–Kier alpha value is -0.530. The number of unbranched alkanes of at least 4 members (excludes halogenated alkanes) is 9. The minimum Gasteiger partial charge on any atom is -0.343 e. The summed E-state index contributed by atoms with van der Waals surface area (Å²) in [5.74, 6) is 0.401. The molecule has 0 bridgehead atoms. The van der Waals surface area contributed by atoms with Gasteiger partial charge in [-0.1, -0.05) is 71.1 Å². The van der Waals surface area contributed by atoms with E-state index in [0.29, 0.717) is 5.91 Å². The number of likely N-dealkylation sites (tertiary alicyclic amines) is 1. The van der Waals surface area contributed by atoms with Gasteiger partial charge in [0.2, 0.25) is 5.91 Å². The van der Waals surface area contributed by atoms with Crippen molar-refractivity contribution in [3.63, 3.8) is 0 Å². The van der Waals surface area contributed by atoms with Crippen LogP contribution in [0, 0.1) is 0 Å². The lowest BCUT2D eigenvalue weighted by atomic mass is 10.1. The first-order chi connectivity index (χ1) is 9.84. The fourth-order valence-electron chi connectivity index (χ4n) is 3.07. The predicted octanol–water partition coefficient (Wildman–Crippen LogP) is 5.31. The summed E-state index contributed by atoms with van der Waals surface area (Å²) < 4.78 is 0. The van der Waals surface area contributed by atoms with Crippen LogP contribution in [-0.4, -0.2) is 23.9 Å². The molecular weight excluding hydrogens is 247 g/mol. The van der Waals surface area contributed by atoms with Crippen molar-refractivity contribution in [3.05, 3.63) is 0 Å². The third kappa shape index (κ3) is 8.60. The Morgan fingerprint density at radius 2 is 1.40 bits per heavy atom. The maximum atomic E-state index is 11.8. The monoisotopic (exact) mass is 282 g/mol. The second kappa shape index (κ2) is 12.2. The maximum absolute atomic E-state index is 11.8. The molecule has 0 spiro atoms. The van der Waals surface area contributed by atoms with Gasteiger partial charge in [-0.3, -0.25) is 4.79 Å². The average Bonchev–Trinajstić information content (AvgIpc) is 2.66. The Bertz CT molecular complexity index is 240. The van der Waals surface area contributed by atoms with Crippen molar-refractivity contribution in [1.29, 1.82) is 0 Å². The van der Waals surface area contributed by atoms with Crippen LogP contribution < -0.4 is 0 Å². The van der Waals surface area contributed by atoms with Crippen LogP contribution in [0.1, 0.15) is 96.8 Å². The molecule has 0 aromatic carbocycles. The van der Waals surface area contributed by atoms with Crippen LogP contribution in [0.2, 0.25) is 0 Å². The summed E-state index contributed by atoms with van der Waals surface area (Å²) in [7, 11) is 0. The highest BCUT2D eigenvalue weighted by atomic mass is 16.2. The van der Waals surface area contributed by atoms with Crippen LogP contribution >= 0.6 is 0 Å². The molecule has 0 atom stereocenters. The molecule has 1 rings (SSSR count). The second-order valence-electron chi connectivity index (χ2n) is 6.37. The van der Waals surface area contributed by atoms with Crippen molar-refractivity contribution < 1.29 is 4.79 Å². The molecule has 0 aliphatic carbocycles. The van der Waals surface area contributed by atoms with E-state index < -0.39 is 0 Å². The van der Waals surface area contributed by atoms with Crippen molar-refractivity contribution in [2.24, 2.45) is 0 Å². The average molecular weight is 282 g/mol. The van der Waals surface area contributed by atoms with E-state index >= 15 is 0 Å². The lowest BCUT2D eigenvalue weighted by Crippen LogP contribution is -2.31. The molecule has 0 saturated carbocycles. The van der Waals surface area contributed by atoms with Gasteiger partial charge >= 0.3 is 0 Å². The van der Waals surface area contributed by atoms with Crippen LogP contribution in [0.15, 0.2) is 0 Å². The number of carbonyl (C=O) groups is 1. The van der Waals surface area contributed by atoms with Gasteiger partial charge in [0.1, 0.15) is 0 Å². The molecular formula is C18H35NO. The topological polar surface area (TPSA) is 20.3 Å². The van der Waals surface area contributed by atoms with E-state index in [1.807, 2.05) is 0 Å². The Labute approximate surface area is 126 Å². The van der Waals surface area contributed by atoms with Gasteiger partial charge in [-0.2, -0.15) is 0 Å². The first kappa shape index (κ1) is 17.5. The molecule has 1 aliphatic heterocycles. The molecule has 2 heteroatoms. The van der Waals surface area contributed by atoms with E-state index in [-0.39, 0.29) is 0 Å². The van der Waals surface area contributed by atoms with E-state index in [2.05, 4.69) is 11.8 Å². The highest BCUT2D eigenvalue weighted by Gasteiger charge is 2.15. The van der Waals surface area contributed by atoms with E-state index in [9.17, 15) is 4.79 Å². The summed E-state index contributed by atoms with van der Waals surface area (Å²) >= 11 is 0. The Morgan fingerprint density at radius 1 is 0.800 bits per heavy atom. The normalized spacial score (nSPS) is 16.4. The smallest absolute Gasteiger partial charge is 0.222 e. The number of hydrogen-bond acceptors (Lipinski definition) is 1. The van der Waals surface area contributed by atoms with Crippen LogP contribution in [0.25, 0.3) is 0 Å². The maximum Gasteiger partial charge on any atom is 0.222 e. The molecule has 1 heterocycles. The molecule has 0 aromatic rings. The number of hydrogen-bond donors (Lipinski definition) is 0. The summed E-state index contributed by atoms with van der Waals surface area (Å²) in [5.41, 5.74) is 0. The highest BCUT2D eigenvalue weighted by molar-refractivity contribution is 5.76. The zero-order valence-corrected chi connectivity index (χ0v) is 13.7. The van der Waals surface area contributed by atoms with Crippen molar-refractivity contribution >= 4 is 5.91 Å². The molecule has 0 radical (unpaired) electrons. The molecule has 1 amide bonds. The summed E-state index contributed by atoms with van der Waals surface area (Å²) in [5, 5.41) is 0. The number of rotatable bonds is 11. The number of carbonyl (C=O) groups excluding carboxylic acids is 1. The third-order valence-electron chi connectivity index (χ3n) is 4.45. The van der Waals surface area contributed by atoms with Crippen LogP contribution in [0.4, 0.5) is 0 Å². The van der Waals surface area contributed by atoms with E-state index in [4.69, 9.17) is 0 Å². The van der Waals surface area contributed by atoms with Gasteiger partial charge in [-0.05, 0) is 19.3 Å². The summed E-state index contributed by atoms with van der Waals surface area (Å²) in [6.45, 7) is 4.29. The van der Waals surface area contributed by atoms with Crippen molar-refractivity contribution in [2.45, 2.75) is 96.8 Å². The Balaban J connectivity index is 1.87. The summed E-state index contributed by atoms with van der Waals surface area (Å²) in [6, 6.07) is 0. The molecule has 0 N–H and O–H groups in total. The molecule has 118 valence electrons. The zero-order chi connectivity index (χ0) is 14.5. The fraction of sp³-hybridized carbons (Fsp3) is 0.944. The minimum absolute atomic E-state index is 0.401. The van der Waals surface area contributed by atoms with Gasteiger partial charge in [-0.15, -0.1) is 0 Å². The first-order valence-corrected chi connectivity index (χ1v) is 9.12. The lowest BCUT2D eigenvalue weighted by Gasteiger charge is -2.20. The largest absolute Gasteiger partial charge is 0.343 e. The summed E-state index contributed by atoms with van der Waals surface area (Å²) in [6.07, 6.45) is 18.0. The number of amides is 1. The zero-order valence-electron chi connectivity index (χ0n) is 13.7. The highest BCUT2D eigenvalue weighted by Crippen LogP contribution is 2.14. The van der Waals surface area contributed by atoms with Gasteiger partial charge in [0, 0.05) is 19.5 Å². The molecule has 1 saturated heterocycles. The second-order valence-corrected chi connectivity index (χ2v) is 6.37. The van der Waals surface area contributed by atoms with Crippen LogP contribution in [-0.2, 0) is 4.79 Å². The molecule has 0 aromatic heterocycles. The molecule has 0 unspecified atom stereocenters. The first-order valence-electron chi connectivity index (χ1n) is 9.12. The third-order valence-corrected chi connectivity index (χ3v) is 4.45. The van der Waals surface area contributed by atoms with E-state index in [1.165, 1.54) is 77.0 Å². The fourth-order valence-corrected chi connectivity index (χ4v) is 3.07. The van der Waals surface area contributed by atoms with Gasteiger partial charge in [0.05, 0.1) is 0 Å². The SMILES string of the molecule is CCCCCCCCCCCC[15N]1CCCCCC1=O. The van der Waals surface area contributed by atoms with Crippen LogP contribution in [0.5, 0.6) is 0 Å². The number of nitrogens with zero attached hydrogens (tertiary/aromatic N) is 1. The quantitative estimate of drug-likeness (QED) is 0.371. The van der Waals surface area contributed by atoms with Crippen molar-refractivity contribution in [1.82, 2.24) is 4.90 Å². The minimum atomic E-state index is 0.401. The van der Waals surface area contributed by atoms with Crippen molar-refractivity contribution in [3.8, 4) is 0 Å². The van der Waals surface area contributed by atoms with Crippen molar-refractivity contribution in [2.75, 3.05) is 13.1 Å². The van der Waals surface area contributed by atoms with E-state index in [0.717, 1.165) is 25.9 Å². The van der Waals surface area contributed by atoms with Gasteiger partial charge < -0.3 is 4.90 Å². The summed E-state index contributed by atoms with van der Waals surface area (Å²) in [4.78, 5) is 13.9. The molecule has 1 aliphatic rings. The van der Waals surface area contributed by atoms with Gasteiger partial charge in [0.25, 0.3) is 0 Å². The van der Waals surface area contributed by atoms with E-state index in [1.54, 1.807) is 0 Å². The molecule has 1 fully saturated rings. The lowest BCUT2D eigenvalue weighted by molar-refractivity contribution is -0.130. The standard InChI is InChI=1S/C18H35NO/c1-2-3-4-5-6-7-8-9-10-13-16-19-17-14-11-12-15-18(19)20/h2-17H2,1H3/i19+1. The van der Waals surface area contributed by atoms with Gasteiger partial charge in [0.15, 0.2) is 0 Å². The molecule has 20 heavy (non-hydrogen) atoms. The Kier molecular flexibility index (Phi) is 10.7. The molecule has 2 nitrogen and oxygen atoms in total.